The van der Waals surface area contributed by atoms with E-state index in [4.69, 9.17) is 14.2 Å². The van der Waals surface area contributed by atoms with Gasteiger partial charge in [-0.15, -0.1) is 0 Å². The molecule has 0 N–H and O–H groups in total. The van der Waals surface area contributed by atoms with Crippen LogP contribution in [0.4, 0.5) is 0 Å². The van der Waals surface area contributed by atoms with Crippen LogP contribution in [0.25, 0.3) is 10.8 Å². The number of hydrogen-bond acceptors (Lipinski definition) is 4. The van der Waals surface area contributed by atoms with Crippen LogP contribution >= 0.6 is 0 Å². The normalized spacial score (nSPS) is 12.1. The van der Waals surface area contributed by atoms with Crippen molar-refractivity contribution in [2.45, 2.75) is 20.0 Å². The number of ether oxygens (including phenoxy) is 3. The Morgan fingerprint density at radius 1 is 1.10 bits per heavy atom. The summed E-state index contributed by atoms with van der Waals surface area (Å²) in [5.74, 6) is 0.531. The molecule has 0 radical (unpaired) electrons. The van der Waals surface area contributed by atoms with Gasteiger partial charge in [-0.3, -0.25) is 4.79 Å². The lowest BCUT2D eigenvalue weighted by molar-refractivity contribution is -0.148. The van der Waals surface area contributed by atoms with Crippen LogP contribution in [0.1, 0.15) is 13.8 Å². The van der Waals surface area contributed by atoms with E-state index in [2.05, 4.69) is 12.1 Å². The SMILES string of the molecule is CC(=O)OC(C)COCCOc1ccc2ccccc2c1. The zero-order chi connectivity index (χ0) is 15.1. The monoisotopic (exact) mass is 288 g/mol. The molecule has 2 rings (SSSR count). The second kappa shape index (κ2) is 7.64. The van der Waals surface area contributed by atoms with Crippen LogP contribution < -0.4 is 4.74 Å². The van der Waals surface area contributed by atoms with Crippen molar-refractivity contribution in [3.05, 3.63) is 42.5 Å². The van der Waals surface area contributed by atoms with Crippen molar-refractivity contribution in [3.63, 3.8) is 0 Å². The van der Waals surface area contributed by atoms with Crippen molar-refractivity contribution in [2.75, 3.05) is 19.8 Å². The Morgan fingerprint density at radius 3 is 2.62 bits per heavy atom. The molecule has 0 aliphatic carbocycles. The van der Waals surface area contributed by atoms with Gasteiger partial charge < -0.3 is 14.2 Å². The second-order valence-corrected chi connectivity index (χ2v) is 4.85. The number of esters is 1. The molecule has 21 heavy (non-hydrogen) atoms. The Kier molecular flexibility index (Phi) is 5.58. The summed E-state index contributed by atoms with van der Waals surface area (Å²) in [6, 6.07) is 14.1. The maximum Gasteiger partial charge on any atom is 0.302 e. The number of carbonyl (C=O) groups excluding carboxylic acids is 1. The lowest BCUT2D eigenvalue weighted by atomic mass is 10.1. The Morgan fingerprint density at radius 2 is 1.86 bits per heavy atom. The van der Waals surface area contributed by atoms with Gasteiger partial charge in [-0.05, 0) is 29.8 Å². The van der Waals surface area contributed by atoms with Crippen molar-refractivity contribution in [1.82, 2.24) is 0 Å². The first-order chi connectivity index (χ1) is 10.1. The summed E-state index contributed by atoms with van der Waals surface area (Å²) in [6.07, 6.45) is -0.233. The van der Waals surface area contributed by atoms with Gasteiger partial charge in [0.15, 0.2) is 0 Å². The van der Waals surface area contributed by atoms with Crippen molar-refractivity contribution in [3.8, 4) is 5.75 Å². The largest absolute Gasteiger partial charge is 0.491 e. The van der Waals surface area contributed by atoms with E-state index in [1.165, 1.54) is 12.3 Å². The first kappa shape index (κ1) is 15.3. The van der Waals surface area contributed by atoms with Gasteiger partial charge >= 0.3 is 5.97 Å². The van der Waals surface area contributed by atoms with Crippen LogP contribution in [0.2, 0.25) is 0 Å². The Hall–Kier alpha value is -2.07. The molecule has 0 spiro atoms. The third kappa shape index (κ3) is 5.08. The molecule has 2 aromatic rings. The van der Waals surface area contributed by atoms with Gasteiger partial charge in [0.05, 0.1) is 13.2 Å². The van der Waals surface area contributed by atoms with Gasteiger partial charge in [-0.1, -0.05) is 30.3 Å². The predicted octanol–water partition coefficient (Wildman–Crippen LogP) is 3.19. The molecule has 0 amide bonds. The topological polar surface area (TPSA) is 44.8 Å². The van der Waals surface area contributed by atoms with Crippen LogP contribution in [0.15, 0.2) is 42.5 Å². The smallest absolute Gasteiger partial charge is 0.302 e. The molecule has 2 aromatic carbocycles. The van der Waals surface area contributed by atoms with Crippen molar-refractivity contribution >= 4 is 16.7 Å². The van der Waals surface area contributed by atoms with E-state index in [1.807, 2.05) is 30.3 Å². The summed E-state index contributed by atoms with van der Waals surface area (Å²) >= 11 is 0. The first-order valence-electron chi connectivity index (χ1n) is 7.02. The third-order valence-electron chi connectivity index (χ3n) is 2.94. The van der Waals surface area contributed by atoms with Gasteiger partial charge in [-0.25, -0.2) is 0 Å². The van der Waals surface area contributed by atoms with Gasteiger partial charge in [0.2, 0.25) is 0 Å². The highest BCUT2D eigenvalue weighted by Crippen LogP contribution is 2.20. The number of rotatable bonds is 7. The van der Waals surface area contributed by atoms with E-state index in [-0.39, 0.29) is 12.1 Å². The van der Waals surface area contributed by atoms with Gasteiger partial charge in [0.1, 0.15) is 18.5 Å². The Labute approximate surface area is 124 Å². The van der Waals surface area contributed by atoms with Gasteiger partial charge in [-0.2, -0.15) is 0 Å². The van der Waals surface area contributed by atoms with Crippen molar-refractivity contribution < 1.29 is 19.0 Å². The van der Waals surface area contributed by atoms with Crippen molar-refractivity contribution in [1.29, 1.82) is 0 Å². The van der Waals surface area contributed by atoms with E-state index in [0.29, 0.717) is 19.8 Å². The Bertz CT molecular complexity index is 594. The highest BCUT2D eigenvalue weighted by atomic mass is 16.6. The Balaban J connectivity index is 1.71. The molecular formula is C17H20O4. The maximum atomic E-state index is 10.7. The third-order valence-corrected chi connectivity index (χ3v) is 2.94. The molecule has 0 saturated carbocycles. The molecule has 0 heterocycles. The molecular weight excluding hydrogens is 268 g/mol. The van der Waals surface area contributed by atoms with E-state index in [9.17, 15) is 4.79 Å². The molecule has 4 heteroatoms. The molecule has 0 bridgehead atoms. The van der Waals surface area contributed by atoms with Gasteiger partial charge in [0.25, 0.3) is 0 Å². The molecule has 0 aliphatic rings. The van der Waals surface area contributed by atoms with E-state index >= 15 is 0 Å². The number of fused-ring (bicyclic) bond motifs is 1. The minimum absolute atomic E-state index is 0.233. The summed E-state index contributed by atoms with van der Waals surface area (Å²) in [7, 11) is 0. The fraction of sp³-hybridized carbons (Fsp3) is 0.353. The molecule has 1 unspecified atom stereocenters. The van der Waals surface area contributed by atoms with Crippen LogP contribution in [-0.2, 0) is 14.3 Å². The number of carbonyl (C=O) groups is 1. The first-order valence-corrected chi connectivity index (χ1v) is 7.02. The molecule has 0 fully saturated rings. The summed E-state index contributed by atoms with van der Waals surface area (Å²) in [5.41, 5.74) is 0. The predicted molar refractivity (Wildman–Crippen MR) is 81.5 cm³/mol. The number of hydrogen-bond donors (Lipinski definition) is 0. The molecule has 4 nitrogen and oxygen atoms in total. The lowest BCUT2D eigenvalue weighted by Gasteiger charge is -2.12. The minimum Gasteiger partial charge on any atom is -0.491 e. The van der Waals surface area contributed by atoms with Crippen LogP contribution in [0.3, 0.4) is 0 Å². The number of benzene rings is 2. The highest BCUT2D eigenvalue weighted by molar-refractivity contribution is 5.83. The standard InChI is InChI=1S/C17H20O4/c1-13(21-14(2)18)12-19-9-10-20-17-8-7-15-5-3-4-6-16(15)11-17/h3-8,11,13H,9-10,12H2,1-2H3. The average Bonchev–Trinajstić information content (AvgIpc) is 2.46. The fourth-order valence-electron chi connectivity index (χ4n) is 2.04. The van der Waals surface area contributed by atoms with Crippen LogP contribution in [0, 0.1) is 0 Å². The molecule has 112 valence electrons. The molecule has 0 saturated heterocycles. The summed E-state index contributed by atoms with van der Waals surface area (Å²) in [6.45, 7) is 4.48. The molecule has 0 aliphatic heterocycles. The molecule has 1 atom stereocenters. The lowest BCUT2D eigenvalue weighted by Crippen LogP contribution is -2.20. The highest BCUT2D eigenvalue weighted by Gasteiger charge is 2.05. The average molecular weight is 288 g/mol. The van der Waals surface area contributed by atoms with E-state index in [0.717, 1.165) is 11.1 Å². The quantitative estimate of drug-likeness (QED) is 0.580. The summed E-state index contributed by atoms with van der Waals surface area (Å²) in [4.78, 5) is 10.7. The zero-order valence-electron chi connectivity index (χ0n) is 12.4. The van der Waals surface area contributed by atoms with Crippen LogP contribution in [-0.4, -0.2) is 31.9 Å². The van der Waals surface area contributed by atoms with Crippen molar-refractivity contribution in [2.24, 2.45) is 0 Å². The fourth-order valence-corrected chi connectivity index (χ4v) is 2.04. The second-order valence-electron chi connectivity index (χ2n) is 4.85. The minimum atomic E-state index is -0.293. The molecule has 0 aromatic heterocycles. The van der Waals surface area contributed by atoms with Crippen LogP contribution in [0.5, 0.6) is 5.75 Å². The maximum absolute atomic E-state index is 10.7. The summed E-state index contributed by atoms with van der Waals surface area (Å²) < 4.78 is 16.0. The van der Waals surface area contributed by atoms with Gasteiger partial charge in [0, 0.05) is 6.92 Å². The summed E-state index contributed by atoms with van der Waals surface area (Å²) in [5, 5.41) is 2.34. The zero-order valence-corrected chi connectivity index (χ0v) is 12.4. The van der Waals surface area contributed by atoms with E-state index in [1.54, 1.807) is 6.92 Å². The van der Waals surface area contributed by atoms with E-state index < -0.39 is 0 Å².